The van der Waals surface area contributed by atoms with Crippen LogP contribution >= 0.6 is 11.6 Å². The molecule has 0 N–H and O–H groups in total. The number of hydrogen-bond donors (Lipinski definition) is 0. The van der Waals surface area contributed by atoms with Crippen molar-refractivity contribution in [1.82, 2.24) is 0 Å². The topological polar surface area (TPSA) is 17.1 Å². The molecular weight excluding hydrogens is 124 g/mol. The monoisotopic (exact) mass is 136 g/mol. The predicted octanol–water partition coefficient (Wildman–Crippen LogP) is 2.09. The highest BCUT2D eigenvalue weighted by atomic mass is 35.5. The Morgan fingerprint density at radius 2 is 1.88 bits per heavy atom. The molecule has 50 valence electrons. The molecule has 0 atom stereocenters. The number of carbonyl (C=O) groups excluding carboxylic acids is 1. The van der Waals surface area contributed by atoms with E-state index in [9.17, 15) is 4.79 Å². The number of alkyl halides is 1. The van der Waals surface area contributed by atoms with Crippen LogP contribution in [0, 0.1) is 5.92 Å². The van der Waals surface area contributed by atoms with Crippen LogP contribution in [0.2, 0.25) is 0 Å². The number of aldehydes is 1. The lowest BCUT2D eigenvalue weighted by atomic mass is 10.2. The molecule has 0 saturated heterocycles. The third-order valence-electron chi connectivity index (χ3n) is 0.568. The summed E-state index contributed by atoms with van der Waals surface area (Å²) in [6.45, 7) is 4.04. The van der Waals surface area contributed by atoms with Gasteiger partial charge in [0, 0.05) is 12.8 Å². The first-order chi connectivity index (χ1) is 3.77. The van der Waals surface area contributed by atoms with Crippen LogP contribution in [0.25, 0.3) is 0 Å². The highest BCUT2D eigenvalue weighted by Crippen LogP contribution is 1.92. The normalized spacial score (nSPS) is 7.62. The zero-order chi connectivity index (χ0) is 6.99. The predicted molar refractivity (Wildman–Crippen MR) is 37.3 cm³/mol. The molecule has 0 spiro atoms. The minimum Gasteiger partial charge on any atom is -0.303 e. The van der Waals surface area contributed by atoms with Crippen LogP contribution in [-0.2, 0) is 4.79 Å². The van der Waals surface area contributed by atoms with Crippen LogP contribution in [0.4, 0.5) is 0 Å². The summed E-state index contributed by atoms with van der Waals surface area (Å²) >= 11 is 4.64. The van der Waals surface area contributed by atoms with Crippen LogP contribution < -0.4 is 0 Å². The average Bonchev–Trinajstić information content (AvgIpc) is 1.72. The Morgan fingerprint density at radius 1 is 1.50 bits per heavy atom. The van der Waals surface area contributed by atoms with E-state index in [-0.39, 0.29) is 0 Å². The van der Waals surface area contributed by atoms with Gasteiger partial charge >= 0.3 is 0 Å². The molecule has 0 aliphatic rings. The molecule has 0 bridgehead atoms. The minimum atomic E-state index is 0.530. The van der Waals surface area contributed by atoms with Crippen molar-refractivity contribution in [3.63, 3.8) is 0 Å². The van der Waals surface area contributed by atoms with Crippen LogP contribution in [0.15, 0.2) is 0 Å². The average molecular weight is 137 g/mol. The van der Waals surface area contributed by atoms with Crippen molar-refractivity contribution in [3.05, 3.63) is 0 Å². The fourth-order valence-electron chi connectivity index (χ4n) is 0.192. The molecule has 0 saturated carbocycles. The van der Waals surface area contributed by atoms with Crippen molar-refractivity contribution in [2.24, 2.45) is 5.92 Å². The first kappa shape index (κ1) is 10.9. The smallest absolute Gasteiger partial charge is 0.120 e. The summed E-state index contributed by atoms with van der Waals surface area (Å²) in [5.74, 6) is 0.530. The van der Waals surface area contributed by atoms with Crippen LogP contribution in [0.5, 0.6) is 0 Å². The number of hydrogen-bond acceptors (Lipinski definition) is 1. The summed E-state index contributed by atoms with van der Waals surface area (Å²) in [7, 11) is 0. The summed E-state index contributed by atoms with van der Waals surface area (Å²) in [5.41, 5.74) is 0. The summed E-state index contributed by atoms with van der Waals surface area (Å²) in [5, 5.41) is 0. The van der Waals surface area contributed by atoms with Gasteiger partial charge in [0.1, 0.15) is 6.29 Å². The Labute approximate surface area is 56.0 Å². The summed E-state index contributed by atoms with van der Waals surface area (Å²) in [4.78, 5) is 9.62. The van der Waals surface area contributed by atoms with E-state index in [0.29, 0.717) is 12.3 Å². The quantitative estimate of drug-likeness (QED) is 0.420. The Kier molecular flexibility index (Phi) is 13.6. The van der Waals surface area contributed by atoms with E-state index in [1.54, 1.807) is 0 Å². The lowest BCUT2D eigenvalue weighted by Gasteiger charge is -1.89. The van der Waals surface area contributed by atoms with Crippen molar-refractivity contribution in [2.75, 3.05) is 6.38 Å². The van der Waals surface area contributed by atoms with Gasteiger partial charge < -0.3 is 4.79 Å². The maximum absolute atomic E-state index is 9.62. The van der Waals surface area contributed by atoms with Gasteiger partial charge in [0.2, 0.25) is 0 Å². The molecule has 0 aliphatic heterocycles. The van der Waals surface area contributed by atoms with Gasteiger partial charge in [0.15, 0.2) is 0 Å². The van der Waals surface area contributed by atoms with E-state index in [2.05, 4.69) is 11.6 Å². The van der Waals surface area contributed by atoms with Gasteiger partial charge in [-0.3, -0.25) is 0 Å². The van der Waals surface area contributed by atoms with E-state index in [0.717, 1.165) is 6.29 Å². The molecule has 8 heavy (non-hydrogen) atoms. The van der Waals surface area contributed by atoms with Crippen molar-refractivity contribution in [1.29, 1.82) is 0 Å². The van der Waals surface area contributed by atoms with Gasteiger partial charge in [-0.25, -0.2) is 0 Å². The molecule has 0 fully saturated rings. The van der Waals surface area contributed by atoms with Gasteiger partial charge in [0.05, 0.1) is 0 Å². The van der Waals surface area contributed by atoms with Crippen molar-refractivity contribution in [3.8, 4) is 0 Å². The molecule has 2 heteroatoms. The van der Waals surface area contributed by atoms with Gasteiger partial charge in [0.25, 0.3) is 0 Å². The van der Waals surface area contributed by atoms with Gasteiger partial charge in [-0.15, -0.1) is 11.6 Å². The number of carbonyl (C=O) groups is 1. The third kappa shape index (κ3) is 16.7. The van der Waals surface area contributed by atoms with E-state index in [1.807, 2.05) is 13.8 Å². The Balaban J connectivity index is 0. The van der Waals surface area contributed by atoms with Crippen LogP contribution in [0.1, 0.15) is 20.3 Å². The molecule has 0 heterocycles. The zero-order valence-corrected chi connectivity index (χ0v) is 6.40. The Bertz CT molecular complexity index is 43.8. The van der Waals surface area contributed by atoms with Gasteiger partial charge in [-0.1, -0.05) is 13.8 Å². The molecule has 0 rings (SSSR count). The van der Waals surface area contributed by atoms with Gasteiger partial charge in [-0.05, 0) is 5.92 Å². The van der Waals surface area contributed by atoms with E-state index >= 15 is 0 Å². The van der Waals surface area contributed by atoms with Gasteiger partial charge in [-0.2, -0.15) is 0 Å². The first-order valence-corrected chi connectivity index (χ1v) is 3.34. The Hall–Kier alpha value is -0.0400. The van der Waals surface area contributed by atoms with Crippen molar-refractivity contribution in [2.45, 2.75) is 20.3 Å². The molecule has 0 aliphatic carbocycles. The first-order valence-electron chi connectivity index (χ1n) is 2.58. The van der Waals surface area contributed by atoms with E-state index in [4.69, 9.17) is 0 Å². The fourth-order valence-corrected chi connectivity index (χ4v) is 0.192. The number of halogens is 1. The zero-order valence-electron chi connectivity index (χ0n) is 5.65. The van der Waals surface area contributed by atoms with Crippen LogP contribution in [-0.4, -0.2) is 12.7 Å². The maximum Gasteiger partial charge on any atom is 0.120 e. The second kappa shape index (κ2) is 10.0. The summed E-state index contributed by atoms with van der Waals surface area (Å²) in [6, 6.07) is 0. The molecule has 0 amide bonds. The molecule has 1 nitrogen and oxygen atoms in total. The lowest BCUT2D eigenvalue weighted by Crippen LogP contribution is -1.84. The second-order valence-electron chi connectivity index (χ2n) is 1.80. The molecule has 0 radical (unpaired) electrons. The fraction of sp³-hybridized carbons (Fsp3) is 0.833. The van der Waals surface area contributed by atoms with Crippen molar-refractivity contribution >= 4 is 17.9 Å². The lowest BCUT2D eigenvalue weighted by molar-refractivity contribution is -0.108. The number of rotatable bonds is 2. The second-order valence-corrected chi connectivity index (χ2v) is 1.80. The molecule has 0 aromatic carbocycles. The standard InChI is InChI=1S/C5H10O.CH3Cl/c1-5(2)3-4-6;1-2/h4-5H,3H2,1-2H3;1H3. The third-order valence-corrected chi connectivity index (χ3v) is 0.568. The van der Waals surface area contributed by atoms with Crippen LogP contribution in [0.3, 0.4) is 0 Å². The highest BCUT2D eigenvalue weighted by Gasteiger charge is 1.85. The highest BCUT2D eigenvalue weighted by molar-refractivity contribution is 6.15. The molecule has 0 aromatic heterocycles. The largest absolute Gasteiger partial charge is 0.303 e. The minimum absolute atomic E-state index is 0.530. The molecule has 0 unspecified atom stereocenters. The van der Waals surface area contributed by atoms with E-state index < -0.39 is 0 Å². The summed E-state index contributed by atoms with van der Waals surface area (Å²) in [6.07, 6.45) is 3.12. The maximum atomic E-state index is 9.62. The van der Waals surface area contributed by atoms with E-state index in [1.165, 1.54) is 6.38 Å². The molecular formula is C6H13ClO. The Morgan fingerprint density at radius 3 is 1.88 bits per heavy atom. The SMILES string of the molecule is CC(C)CC=O.CCl. The van der Waals surface area contributed by atoms with Crippen molar-refractivity contribution < 1.29 is 4.79 Å². The summed E-state index contributed by atoms with van der Waals surface area (Å²) < 4.78 is 0. The molecule has 0 aromatic rings.